The zero-order chi connectivity index (χ0) is 17.1. The predicted molar refractivity (Wildman–Crippen MR) is 105 cm³/mol. The van der Waals surface area contributed by atoms with Crippen molar-refractivity contribution in [3.63, 3.8) is 0 Å². The van der Waals surface area contributed by atoms with Gasteiger partial charge in [-0.3, -0.25) is 9.69 Å². The van der Waals surface area contributed by atoms with E-state index in [2.05, 4.69) is 29.2 Å². The molecule has 0 aliphatic carbocycles. The fourth-order valence-corrected chi connectivity index (χ4v) is 3.34. The van der Waals surface area contributed by atoms with E-state index >= 15 is 0 Å². The van der Waals surface area contributed by atoms with Crippen molar-refractivity contribution < 1.29 is 4.79 Å². The molecule has 0 aromatic heterocycles. The van der Waals surface area contributed by atoms with Crippen LogP contribution in [0.5, 0.6) is 0 Å². The Balaban J connectivity index is 0.00000225. The maximum atomic E-state index is 12.8. The number of amides is 1. The second-order valence-corrected chi connectivity index (χ2v) is 6.65. The minimum absolute atomic E-state index is 0. The molecular formula is C20H26ClN3O. The van der Waals surface area contributed by atoms with Crippen LogP contribution < -0.4 is 5.73 Å². The van der Waals surface area contributed by atoms with Crippen LogP contribution >= 0.6 is 12.4 Å². The lowest BCUT2D eigenvalue weighted by atomic mass is 10.1. The summed E-state index contributed by atoms with van der Waals surface area (Å²) in [6.45, 7) is 4.83. The summed E-state index contributed by atoms with van der Waals surface area (Å²) < 4.78 is 0. The molecule has 1 aliphatic heterocycles. The number of carbonyl (C=O) groups is 1. The van der Waals surface area contributed by atoms with E-state index in [1.54, 1.807) is 6.07 Å². The topological polar surface area (TPSA) is 49.6 Å². The molecule has 1 saturated heterocycles. The fourth-order valence-electron chi connectivity index (χ4n) is 3.34. The number of benzene rings is 2. The lowest BCUT2D eigenvalue weighted by Crippen LogP contribution is -2.39. The first kappa shape index (κ1) is 19.3. The van der Waals surface area contributed by atoms with Crippen LogP contribution in [0.2, 0.25) is 0 Å². The van der Waals surface area contributed by atoms with E-state index in [0.29, 0.717) is 11.3 Å². The summed E-state index contributed by atoms with van der Waals surface area (Å²) in [6, 6.07) is 16.3. The van der Waals surface area contributed by atoms with Crippen LogP contribution in [0, 0.1) is 6.92 Å². The van der Waals surface area contributed by atoms with Crippen molar-refractivity contribution in [3.05, 3.63) is 65.2 Å². The smallest absolute Gasteiger partial charge is 0.254 e. The average Bonchev–Trinajstić information content (AvgIpc) is 3.05. The largest absolute Gasteiger partial charge is 0.399 e. The lowest BCUT2D eigenvalue weighted by molar-refractivity contribution is 0.0734. The molecule has 1 atom stereocenters. The zero-order valence-electron chi connectivity index (χ0n) is 14.8. The molecule has 1 unspecified atom stereocenters. The molecule has 2 aromatic carbocycles. The van der Waals surface area contributed by atoms with Crippen molar-refractivity contribution >= 4 is 24.0 Å². The maximum absolute atomic E-state index is 12.8. The number of carbonyl (C=O) groups excluding carboxylic acids is 1. The Bertz CT molecular complexity index is 720. The second-order valence-electron chi connectivity index (χ2n) is 6.65. The highest BCUT2D eigenvalue weighted by molar-refractivity contribution is 5.96. The van der Waals surface area contributed by atoms with Gasteiger partial charge in [-0.1, -0.05) is 36.4 Å². The summed E-state index contributed by atoms with van der Waals surface area (Å²) in [5, 5.41) is 0. The lowest BCUT2D eigenvalue weighted by Gasteiger charge is -2.26. The van der Waals surface area contributed by atoms with Gasteiger partial charge in [0.15, 0.2) is 0 Å². The molecule has 1 amide bonds. The van der Waals surface area contributed by atoms with E-state index in [1.165, 1.54) is 5.56 Å². The molecule has 0 spiro atoms. The number of anilines is 1. The highest BCUT2D eigenvalue weighted by atomic mass is 35.5. The number of rotatable bonds is 4. The van der Waals surface area contributed by atoms with Gasteiger partial charge in [-0.15, -0.1) is 12.4 Å². The molecule has 4 nitrogen and oxygen atoms in total. The van der Waals surface area contributed by atoms with Gasteiger partial charge in [-0.25, -0.2) is 0 Å². The number of likely N-dealkylation sites (tertiary alicyclic amines) is 1. The first-order valence-corrected chi connectivity index (χ1v) is 8.44. The van der Waals surface area contributed by atoms with Crippen LogP contribution in [0.1, 0.15) is 27.9 Å². The Morgan fingerprint density at radius 1 is 1.24 bits per heavy atom. The molecule has 1 aliphatic rings. The van der Waals surface area contributed by atoms with Crippen molar-refractivity contribution in [1.29, 1.82) is 0 Å². The third-order valence-electron chi connectivity index (χ3n) is 4.86. The Labute approximate surface area is 156 Å². The number of hydrogen-bond donors (Lipinski definition) is 1. The van der Waals surface area contributed by atoms with Crippen LogP contribution in [0.25, 0.3) is 0 Å². The van der Waals surface area contributed by atoms with E-state index in [-0.39, 0.29) is 24.4 Å². The molecule has 1 heterocycles. The van der Waals surface area contributed by atoms with E-state index in [0.717, 1.165) is 31.6 Å². The molecule has 3 rings (SSSR count). The Morgan fingerprint density at radius 3 is 2.68 bits per heavy atom. The highest BCUT2D eigenvalue weighted by Gasteiger charge is 2.29. The van der Waals surface area contributed by atoms with Crippen LogP contribution in [0.15, 0.2) is 48.5 Å². The third kappa shape index (κ3) is 4.53. The van der Waals surface area contributed by atoms with Crippen molar-refractivity contribution in [1.82, 2.24) is 9.80 Å². The molecular weight excluding hydrogens is 334 g/mol. The Kier molecular flexibility index (Phi) is 6.45. The average molecular weight is 360 g/mol. The van der Waals surface area contributed by atoms with Crippen molar-refractivity contribution in [2.24, 2.45) is 0 Å². The van der Waals surface area contributed by atoms with E-state index in [9.17, 15) is 4.79 Å². The molecule has 134 valence electrons. The third-order valence-corrected chi connectivity index (χ3v) is 4.86. The van der Waals surface area contributed by atoms with E-state index in [4.69, 9.17) is 5.73 Å². The summed E-state index contributed by atoms with van der Waals surface area (Å²) in [4.78, 5) is 17.1. The van der Waals surface area contributed by atoms with Crippen molar-refractivity contribution in [2.45, 2.75) is 25.9 Å². The molecule has 0 bridgehead atoms. The number of nitrogen functional groups attached to an aromatic ring is 1. The normalized spacial score (nSPS) is 17.1. The van der Waals surface area contributed by atoms with E-state index < -0.39 is 0 Å². The number of nitrogens with two attached hydrogens (primary N) is 1. The zero-order valence-corrected chi connectivity index (χ0v) is 15.6. The summed E-state index contributed by atoms with van der Waals surface area (Å²) >= 11 is 0. The van der Waals surface area contributed by atoms with Gasteiger partial charge in [-0.2, -0.15) is 0 Å². The Morgan fingerprint density at radius 2 is 1.96 bits per heavy atom. The first-order valence-electron chi connectivity index (χ1n) is 8.44. The Hall–Kier alpha value is -2.04. The van der Waals surface area contributed by atoms with Crippen LogP contribution in [-0.2, 0) is 6.54 Å². The molecule has 2 aromatic rings. The standard InChI is InChI=1S/C20H25N3O.ClH/c1-15-8-9-17(21)12-19(15)20(24)22(2)18-10-11-23(14-18)13-16-6-4-3-5-7-16;/h3-9,12,18H,10-11,13-14,21H2,1-2H3;1H. The maximum Gasteiger partial charge on any atom is 0.254 e. The van der Waals surface area contributed by atoms with Gasteiger partial charge in [0, 0.05) is 44.0 Å². The van der Waals surface area contributed by atoms with Crippen molar-refractivity contribution in [2.75, 3.05) is 25.9 Å². The molecule has 1 fully saturated rings. The number of aryl methyl sites for hydroxylation is 1. The summed E-state index contributed by atoms with van der Waals surface area (Å²) in [5.41, 5.74) is 9.48. The molecule has 5 heteroatoms. The van der Waals surface area contributed by atoms with Gasteiger partial charge in [0.2, 0.25) is 0 Å². The van der Waals surface area contributed by atoms with Gasteiger partial charge in [0.05, 0.1) is 0 Å². The summed E-state index contributed by atoms with van der Waals surface area (Å²) in [6.07, 6.45) is 1.01. The number of nitrogens with zero attached hydrogens (tertiary/aromatic N) is 2. The number of hydrogen-bond acceptors (Lipinski definition) is 3. The number of halogens is 1. The fraction of sp³-hybridized carbons (Fsp3) is 0.350. The van der Waals surface area contributed by atoms with Crippen LogP contribution in [-0.4, -0.2) is 41.9 Å². The molecule has 0 saturated carbocycles. The van der Waals surface area contributed by atoms with Crippen LogP contribution in [0.4, 0.5) is 5.69 Å². The minimum Gasteiger partial charge on any atom is -0.399 e. The SMILES string of the molecule is Cc1ccc(N)cc1C(=O)N(C)C1CCN(Cc2ccccc2)C1.Cl. The van der Waals surface area contributed by atoms with Gasteiger partial charge in [-0.05, 0) is 36.6 Å². The van der Waals surface area contributed by atoms with Crippen molar-refractivity contribution in [3.8, 4) is 0 Å². The predicted octanol–water partition coefficient (Wildman–Crippen LogP) is 3.35. The quantitative estimate of drug-likeness (QED) is 0.852. The van der Waals surface area contributed by atoms with E-state index in [1.807, 2.05) is 37.1 Å². The molecule has 0 radical (unpaired) electrons. The first-order chi connectivity index (χ1) is 11.5. The monoisotopic (exact) mass is 359 g/mol. The highest BCUT2D eigenvalue weighted by Crippen LogP contribution is 2.21. The van der Waals surface area contributed by atoms with Gasteiger partial charge in [0.1, 0.15) is 0 Å². The van der Waals surface area contributed by atoms with Gasteiger partial charge < -0.3 is 10.6 Å². The van der Waals surface area contributed by atoms with Gasteiger partial charge in [0.25, 0.3) is 5.91 Å². The molecule has 2 N–H and O–H groups in total. The van der Waals surface area contributed by atoms with Gasteiger partial charge >= 0.3 is 0 Å². The van der Waals surface area contributed by atoms with Crippen LogP contribution in [0.3, 0.4) is 0 Å². The molecule has 25 heavy (non-hydrogen) atoms. The second kappa shape index (κ2) is 8.37. The summed E-state index contributed by atoms with van der Waals surface area (Å²) in [7, 11) is 1.90. The minimum atomic E-state index is 0. The summed E-state index contributed by atoms with van der Waals surface area (Å²) in [5.74, 6) is 0.0614. The number of likely N-dealkylation sites (N-methyl/N-ethyl adjacent to an activating group) is 1.